The van der Waals surface area contributed by atoms with E-state index in [1.165, 1.54) is 5.56 Å². The van der Waals surface area contributed by atoms with Gasteiger partial charge in [-0.05, 0) is 60.4 Å². The molecule has 0 amide bonds. The zero-order chi connectivity index (χ0) is 22.8. The molecule has 0 heterocycles. The van der Waals surface area contributed by atoms with Crippen molar-refractivity contribution in [3.05, 3.63) is 63.7 Å². The standard InChI is InChI=1S/C23H31NO2P2.C2H6/c1-5-20(26)23(28)21-15(2)19(14-25)18(16(3)22(21)27)11-12-24(4)13-17-9-7-6-8-10-17;1-2/h6-10,14,23H,5,11-13,27-28H2,1-4H3;1-2H3. The molecule has 164 valence electrons. The molecule has 0 aromatic heterocycles. The van der Waals surface area contributed by atoms with E-state index < -0.39 is 0 Å². The summed E-state index contributed by atoms with van der Waals surface area (Å²) in [5, 5.41) is 1.05. The van der Waals surface area contributed by atoms with Crippen molar-refractivity contribution in [3.8, 4) is 0 Å². The van der Waals surface area contributed by atoms with Crippen LogP contribution in [0.3, 0.4) is 0 Å². The van der Waals surface area contributed by atoms with Gasteiger partial charge in [0.25, 0.3) is 0 Å². The first-order valence-electron chi connectivity index (χ1n) is 10.7. The maximum atomic E-state index is 12.3. The Bertz CT molecular complexity index is 850. The summed E-state index contributed by atoms with van der Waals surface area (Å²) >= 11 is 0. The van der Waals surface area contributed by atoms with Crippen molar-refractivity contribution < 1.29 is 9.59 Å². The lowest BCUT2D eigenvalue weighted by molar-refractivity contribution is -0.118. The minimum absolute atomic E-state index is 0.170. The monoisotopic (exact) mass is 445 g/mol. The highest BCUT2D eigenvalue weighted by molar-refractivity contribution is 7.28. The van der Waals surface area contributed by atoms with Gasteiger partial charge in [0.1, 0.15) is 5.78 Å². The summed E-state index contributed by atoms with van der Waals surface area (Å²) < 4.78 is 0. The smallest absolute Gasteiger partial charge is 0.150 e. The zero-order valence-electron chi connectivity index (χ0n) is 19.3. The van der Waals surface area contributed by atoms with Crippen LogP contribution < -0.4 is 5.30 Å². The Hall–Kier alpha value is -1.40. The van der Waals surface area contributed by atoms with Gasteiger partial charge in [0, 0.05) is 25.1 Å². The van der Waals surface area contributed by atoms with E-state index in [9.17, 15) is 9.59 Å². The van der Waals surface area contributed by atoms with Crippen molar-refractivity contribution >= 4 is 35.9 Å². The largest absolute Gasteiger partial charge is 0.302 e. The number of hydrogen-bond acceptors (Lipinski definition) is 3. The summed E-state index contributed by atoms with van der Waals surface area (Å²) in [5.41, 5.74) is 5.81. The van der Waals surface area contributed by atoms with Gasteiger partial charge < -0.3 is 4.90 Å². The molecule has 0 aliphatic heterocycles. The van der Waals surface area contributed by atoms with Crippen LogP contribution in [0.5, 0.6) is 0 Å². The van der Waals surface area contributed by atoms with Crippen LogP contribution in [0.4, 0.5) is 0 Å². The molecular formula is C25H37NO2P2. The van der Waals surface area contributed by atoms with Crippen LogP contribution in [0, 0.1) is 13.8 Å². The number of carbonyl (C=O) groups excluding carboxylic acids is 2. The van der Waals surface area contributed by atoms with Crippen molar-refractivity contribution in [1.29, 1.82) is 0 Å². The Kier molecular flexibility index (Phi) is 11.6. The Labute approximate surface area is 187 Å². The van der Waals surface area contributed by atoms with E-state index in [-0.39, 0.29) is 11.4 Å². The summed E-state index contributed by atoms with van der Waals surface area (Å²) in [6, 6.07) is 10.4. The maximum Gasteiger partial charge on any atom is 0.150 e. The first kappa shape index (κ1) is 26.6. The van der Waals surface area contributed by atoms with Gasteiger partial charge in [-0.3, -0.25) is 9.59 Å². The quantitative estimate of drug-likeness (QED) is 0.393. The summed E-state index contributed by atoms with van der Waals surface area (Å²) in [7, 11) is 7.56. The molecule has 2 aromatic rings. The number of ketones is 1. The predicted octanol–water partition coefficient (Wildman–Crippen LogP) is 5.21. The molecule has 0 fully saturated rings. The van der Waals surface area contributed by atoms with Crippen molar-refractivity contribution in [3.63, 3.8) is 0 Å². The minimum Gasteiger partial charge on any atom is -0.302 e. The molecule has 0 N–H and O–H groups in total. The third-order valence-corrected chi connectivity index (χ3v) is 6.89. The van der Waals surface area contributed by atoms with E-state index in [2.05, 4.69) is 61.6 Å². The molecule has 3 unspecified atom stereocenters. The number of benzene rings is 2. The van der Waals surface area contributed by atoms with Gasteiger partial charge in [-0.2, -0.15) is 0 Å². The highest BCUT2D eigenvalue weighted by Gasteiger charge is 2.24. The van der Waals surface area contributed by atoms with Gasteiger partial charge in [0.15, 0.2) is 6.29 Å². The zero-order valence-corrected chi connectivity index (χ0v) is 21.6. The van der Waals surface area contributed by atoms with Gasteiger partial charge in [-0.1, -0.05) is 51.1 Å². The van der Waals surface area contributed by atoms with E-state index in [1.807, 2.05) is 33.8 Å². The number of hydrogen-bond donors (Lipinski definition) is 0. The van der Waals surface area contributed by atoms with Crippen LogP contribution in [0.2, 0.25) is 0 Å². The molecule has 5 heteroatoms. The Morgan fingerprint density at radius 3 is 2.27 bits per heavy atom. The molecule has 0 aliphatic rings. The Balaban J connectivity index is 0.00000218. The summed E-state index contributed by atoms with van der Waals surface area (Å²) in [6.45, 7) is 11.6. The highest BCUT2D eigenvalue weighted by atomic mass is 31.0. The molecule has 30 heavy (non-hydrogen) atoms. The fourth-order valence-electron chi connectivity index (χ4n) is 3.68. The van der Waals surface area contributed by atoms with Gasteiger partial charge in [0.05, 0.1) is 5.66 Å². The summed E-state index contributed by atoms with van der Waals surface area (Å²) in [4.78, 5) is 26.5. The van der Waals surface area contributed by atoms with E-state index >= 15 is 0 Å². The predicted molar refractivity (Wildman–Crippen MR) is 136 cm³/mol. The Morgan fingerprint density at radius 1 is 1.13 bits per heavy atom. The molecule has 0 radical (unpaired) electrons. The lowest BCUT2D eigenvalue weighted by Crippen LogP contribution is -2.24. The molecule has 3 nitrogen and oxygen atoms in total. The molecule has 0 saturated heterocycles. The Morgan fingerprint density at radius 2 is 1.73 bits per heavy atom. The highest BCUT2D eigenvalue weighted by Crippen LogP contribution is 2.32. The summed E-state index contributed by atoms with van der Waals surface area (Å²) in [6.07, 6.45) is 2.24. The van der Waals surface area contributed by atoms with Crippen molar-refractivity contribution in [2.75, 3.05) is 13.6 Å². The topological polar surface area (TPSA) is 37.4 Å². The fourth-order valence-corrected chi connectivity index (χ4v) is 5.11. The lowest BCUT2D eigenvalue weighted by Gasteiger charge is -2.24. The molecule has 0 aliphatic carbocycles. The summed E-state index contributed by atoms with van der Waals surface area (Å²) in [5.74, 6) is 0.170. The lowest BCUT2D eigenvalue weighted by atomic mass is 9.89. The normalized spacial score (nSPS) is 11.6. The molecule has 2 aromatic carbocycles. The van der Waals surface area contributed by atoms with Crippen LogP contribution in [0.25, 0.3) is 0 Å². The number of Topliss-reactive ketones (excluding diaryl/α,β-unsaturated/α-hetero) is 1. The minimum atomic E-state index is -0.273. The van der Waals surface area contributed by atoms with Gasteiger partial charge in [-0.25, -0.2) is 0 Å². The van der Waals surface area contributed by atoms with Crippen LogP contribution in [0.1, 0.15) is 71.0 Å². The van der Waals surface area contributed by atoms with Crippen molar-refractivity contribution in [1.82, 2.24) is 4.90 Å². The number of carbonyl (C=O) groups is 2. The van der Waals surface area contributed by atoms with Crippen LogP contribution in [-0.2, 0) is 17.8 Å². The number of aldehydes is 1. The molecule has 2 rings (SSSR count). The molecule has 3 atom stereocenters. The number of likely N-dealkylation sites (N-methyl/N-ethyl adjacent to an activating group) is 1. The fraction of sp³-hybridized carbons (Fsp3) is 0.440. The van der Waals surface area contributed by atoms with E-state index in [4.69, 9.17) is 0 Å². The molecule has 0 spiro atoms. The SMILES string of the molecule is CC.CCC(=O)C(P)c1c(C)c(C=O)c(CCN(C)Cc2ccccc2)c(C)c1P. The van der Waals surface area contributed by atoms with E-state index in [1.54, 1.807) is 0 Å². The first-order valence-corrected chi connectivity index (χ1v) is 11.9. The van der Waals surface area contributed by atoms with Crippen molar-refractivity contribution in [2.45, 2.75) is 59.7 Å². The molecule has 0 saturated carbocycles. The van der Waals surface area contributed by atoms with Crippen LogP contribution >= 0.6 is 18.5 Å². The third kappa shape index (κ3) is 6.55. The van der Waals surface area contributed by atoms with Crippen molar-refractivity contribution in [2.24, 2.45) is 0 Å². The first-order chi connectivity index (χ1) is 14.3. The van der Waals surface area contributed by atoms with Gasteiger partial charge in [-0.15, -0.1) is 18.5 Å². The van der Waals surface area contributed by atoms with Gasteiger partial charge >= 0.3 is 0 Å². The number of rotatable bonds is 9. The maximum absolute atomic E-state index is 12.3. The number of nitrogens with zero attached hydrogens (tertiary/aromatic N) is 1. The molecular weight excluding hydrogens is 408 g/mol. The van der Waals surface area contributed by atoms with Crippen LogP contribution in [-0.4, -0.2) is 30.6 Å². The second kappa shape index (κ2) is 13.1. The van der Waals surface area contributed by atoms with Gasteiger partial charge in [0.2, 0.25) is 0 Å². The van der Waals surface area contributed by atoms with E-state index in [0.717, 1.165) is 58.9 Å². The second-order valence-corrected chi connectivity index (χ2v) is 8.60. The molecule has 0 bridgehead atoms. The third-order valence-electron chi connectivity index (χ3n) is 5.44. The second-order valence-electron chi connectivity index (χ2n) is 7.36. The van der Waals surface area contributed by atoms with E-state index in [0.29, 0.717) is 6.42 Å². The average Bonchev–Trinajstić information content (AvgIpc) is 2.76. The van der Waals surface area contributed by atoms with Crippen LogP contribution in [0.15, 0.2) is 30.3 Å². The average molecular weight is 446 g/mol.